The van der Waals surface area contributed by atoms with Gasteiger partial charge in [-0.2, -0.15) is 0 Å². The fourth-order valence-corrected chi connectivity index (χ4v) is 3.86. The third-order valence-corrected chi connectivity index (χ3v) is 5.37. The Kier molecular flexibility index (Phi) is 5.68. The molecule has 2 heterocycles. The van der Waals surface area contributed by atoms with E-state index in [2.05, 4.69) is 9.88 Å². The van der Waals surface area contributed by atoms with Crippen molar-refractivity contribution in [2.45, 2.75) is 26.4 Å². The average molecular weight is 403 g/mol. The number of para-hydroxylation sites is 1. The molecule has 30 heavy (non-hydrogen) atoms. The molecule has 4 aromatic rings. The number of nitrogens with zero attached hydrogens (tertiary/aromatic N) is 2. The van der Waals surface area contributed by atoms with Gasteiger partial charge < -0.3 is 19.2 Å². The Labute approximate surface area is 175 Å². The summed E-state index contributed by atoms with van der Waals surface area (Å²) in [6, 6.07) is 15.7. The van der Waals surface area contributed by atoms with Crippen LogP contribution in [0.4, 0.5) is 5.69 Å². The Balaban J connectivity index is 1.49. The summed E-state index contributed by atoms with van der Waals surface area (Å²) in [6.45, 7) is 3.47. The number of aromatic nitrogens is 2. The predicted molar refractivity (Wildman–Crippen MR) is 119 cm³/mol. The van der Waals surface area contributed by atoms with Gasteiger partial charge in [0.15, 0.2) is 5.78 Å². The normalized spacial score (nSPS) is 11.3. The van der Waals surface area contributed by atoms with E-state index in [0.717, 1.165) is 34.0 Å². The van der Waals surface area contributed by atoms with Crippen molar-refractivity contribution in [3.05, 3.63) is 66.5 Å². The molecule has 0 unspecified atom stereocenters. The number of anilines is 1. The van der Waals surface area contributed by atoms with Crippen LogP contribution in [0, 0.1) is 0 Å². The SMILES string of the molecule is COCCn1ccc2c(NC(=O)CCn3cc(C(C)=O)c4ccccc43)cccc21. The number of benzene rings is 2. The highest BCUT2D eigenvalue weighted by Gasteiger charge is 2.13. The molecule has 0 radical (unpaired) electrons. The molecule has 4 rings (SSSR count). The molecule has 154 valence electrons. The van der Waals surface area contributed by atoms with E-state index in [1.807, 2.05) is 65.5 Å². The van der Waals surface area contributed by atoms with Gasteiger partial charge in [-0.15, -0.1) is 0 Å². The van der Waals surface area contributed by atoms with Crippen molar-refractivity contribution in [3.63, 3.8) is 0 Å². The van der Waals surface area contributed by atoms with Gasteiger partial charge in [0, 0.05) is 60.9 Å². The summed E-state index contributed by atoms with van der Waals surface area (Å²) in [7, 11) is 1.69. The van der Waals surface area contributed by atoms with E-state index in [1.165, 1.54) is 0 Å². The molecular formula is C24H25N3O3. The average Bonchev–Trinajstić information content (AvgIpc) is 3.33. The topological polar surface area (TPSA) is 65.3 Å². The quantitative estimate of drug-likeness (QED) is 0.441. The summed E-state index contributed by atoms with van der Waals surface area (Å²) in [5.41, 5.74) is 3.52. The van der Waals surface area contributed by atoms with E-state index in [0.29, 0.717) is 25.1 Å². The lowest BCUT2D eigenvalue weighted by molar-refractivity contribution is -0.116. The van der Waals surface area contributed by atoms with Crippen molar-refractivity contribution >= 4 is 39.2 Å². The molecule has 2 aromatic carbocycles. The second-order valence-corrected chi connectivity index (χ2v) is 7.35. The molecule has 0 aliphatic heterocycles. The minimum absolute atomic E-state index is 0.0269. The van der Waals surface area contributed by atoms with E-state index in [9.17, 15) is 9.59 Å². The van der Waals surface area contributed by atoms with Gasteiger partial charge in [0.25, 0.3) is 0 Å². The van der Waals surface area contributed by atoms with Gasteiger partial charge in [0.1, 0.15) is 0 Å². The summed E-state index contributed by atoms with van der Waals surface area (Å²) in [5.74, 6) is -0.0339. The Morgan fingerprint density at radius 3 is 2.50 bits per heavy atom. The zero-order valence-electron chi connectivity index (χ0n) is 17.2. The maximum Gasteiger partial charge on any atom is 0.226 e. The maximum atomic E-state index is 12.7. The van der Waals surface area contributed by atoms with Gasteiger partial charge >= 0.3 is 0 Å². The number of carbonyl (C=O) groups excluding carboxylic acids is 2. The maximum absolute atomic E-state index is 12.7. The Morgan fingerprint density at radius 2 is 1.70 bits per heavy atom. The van der Waals surface area contributed by atoms with Gasteiger partial charge in [-0.05, 0) is 31.2 Å². The summed E-state index contributed by atoms with van der Waals surface area (Å²) in [6.07, 6.45) is 4.17. The molecule has 1 N–H and O–H groups in total. The number of fused-ring (bicyclic) bond motifs is 2. The van der Waals surface area contributed by atoms with E-state index in [1.54, 1.807) is 14.0 Å². The van der Waals surface area contributed by atoms with Crippen molar-refractivity contribution in [1.82, 2.24) is 9.13 Å². The molecule has 1 amide bonds. The van der Waals surface area contributed by atoms with E-state index in [4.69, 9.17) is 4.74 Å². The molecule has 6 heteroatoms. The number of hydrogen-bond donors (Lipinski definition) is 1. The van der Waals surface area contributed by atoms with Crippen molar-refractivity contribution in [2.75, 3.05) is 19.0 Å². The minimum Gasteiger partial charge on any atom is -0.383 e. The van der Waals surface area contributed by atoms with Gasteiger partial charge in [-0.3, -0.25) is 9.59 Å². The van der Waals surface area contributed by atoms with Crippen molar-refractivity contribution in [2.24, 2.45) is 0 Å². The highest BCUT2D eigenvalue weighted by molar-refractivity contribution is 6.07. The van der Waals surface area contributed by atoms with Crippen molar-refractivity contribution < 1.29 is 14.3 Å². The van der Waals surface area contributed by atoms with Crippen LogP contribution >= 0.6 is 0 Å². The molecule has 0 aliphatic rings. The number of Topliss-reactive ketones (excluding diaryl/α,β-unsaturated/α-hetero) is 1. The van der Waals surface area contributed by atoms with Crippen LogP contribution in [-0.4, -0.2) is 34.5 Å². The monoisotopic (exact) mass is 403 g/mol. The van der Waals surface area contributed by atoms with Crippen LogP contribution in [0.15, 0.2) is 60.9 Å². The molecule has 6 nitrogen and oxygen atoms in total. The highest BCUT2D eigenvalue weighted by Crippen LogP contribution is 2.25. The third-order valence-electron chi connectivity index (χ3n) is 5.37. The number of ether oxygens (including phenoxy) is 1. The summed E-state index contributed by atoms with van der Waals surface area (Å²) < 4.78 is 9.26. The highest BCUT2D eigenvalue weighted by atomic mass is 16.5. The largest absolute Gasteiger partial charge is 0.383 e. The standard InChI is InChI=1S/C24H25N3O3/c1-17(28)20-16-27(22-8-4-3-6-18(20)22)13-11-24(29)25-21-7-5-9-23-19(21)10-12-26(23)14-15-30-2/h3-10,12,16H,11,13-15H2,1-2H3,(H,25,29). The fourth-order valence-electron chi connectivity index (χ4n) is 3.86. The molecule has 0 fully saturated rings. The van der Waals surface area contributed by atoms with Crippen LogP contribution < -0.4 is 5.32 Å². The van der Waals surface area contributed by atoms with Crippen molar-refractivity contribution in [1.29, 1.82) is 0 Å². The minimum atomic E-state index is -0.0608. The zero-order chi connectivity index (χ0) is 21.1. The Hall–Kier alpha value is -3.38. The second-order valence-electron chi connectivity index (χ2n) is 7.35. The Bertz CT molecular complexity index is 1220. The molecule has 0 aliphatic carbocycles. The summed E-state index contributed by atoms with van der Waals surface area (Å²) >= 11 is 0. The first-order chi connectivity index (χ1) is 14.6. The zero-order valence-corrected chi connectivity index (χ0v) is 17.2. The smallest absolute Gasteiger partial charge is 0.226 e. The van der Waals surface area contributed by atoms with Crippen LogP contribution in [-0.2, 0) is 22.6 Å². The van der Waals surface area contributed by atoms with Gasteiger partial charge in [-0.1, -0.05) is 24.3 Å². The first-order valence-electron chi connectivity index (χ1n) is 10.0. The lowest BCUT2D eigenvalue weighted by Gasteiger charge is -2.09. The molecular weight excluding hydrogens is 378 g/mol. The molecule has 0 spiro atoms. The number of hydrogen-bond acceptors (Lipinski definition) is 3. The first-order valence-corrected chi connectivity index (χ1v) is 10.0. The number of nitrogens with one attached hydrogen (secondary N) is 1. The second kappa shape index (κ2) is 8.55. The van der Waals surface area contributed by atoms with Crippen LogP contribution in [0.2, 0.25) is 0 Å². The van der Waals surface area contributed by atoms with E-state index in [-0.39, 0.29) is 11.7 Å². The van der Waals surface area contributed by atoms with Crippen LogP contribution in [0.3, 0.4) is 0 Å². The number of amides is 1. The van der Waals surface area contributed by atoms with Gasteiger partial charge in [0.05, 0.1) is 17.8 Å². The third kappa shape index (κ3) is 3.86. The Morgan fingerprint density at radius 1 is 0.933 bits per heavy atom. The number of carbonyl (C=O) groups is 2. The fraction of sp³-hybridized carbons (Fsp3) is 0.250. The number of rotatable bonds is 8. The van der Waals surface area contributed by atoms with Gasteiger partial charge in [0.2, 0.25) is 5.91 Å². The molecule has 0 bridgehead atoms. The molecule has 0 atom stereocenters. The lowest BCUT2D eigenvalue weighted by Crippen LogP contribution is -2.14. The molecule has 2 aromatic heterocycles. The molecule has 0 saturated heterocycles. The van der Waals surface area contributed by atoms with E-state index >= 15 is 0 Å². The first kappa shape index (κ1) is 19.9. The number of ketones is 1. The van der Waals surface area contributed by atoms with E-state index < -0.39 is 0 Å². The van der Waals surface area contributed by atoms with Crippen LogP contribution in [0.5, 0.6) is 0 Å². The number of aryl methyl sites for hydroxylation is 1. The van der Waals surface area contributed by atoms with Crippen LogP contribution in [0.1, 0.15) is 23.7 Å². The number of methoxy groups -OCH3 is 1. The lowest BCUT2D eigenvalue weighted by atomic mass is 10.1. The summed E-state index contributed by atoms with van der Waals surface area (Å²) in [4.78, 5) is 24.6. The van der Waals surface area contributed by atoms with Crippen LogP contribution in [0.25, 0.3) is 21.8 Å². The summed E-state index contributed by atoms with van der Waals surface area (Å²) in [5, 5.41) is 4.97. The van der Waals surface area contributed by atoms with Gasteiger partial charge in [-0.25, -0.2) is 0 Å². The predicted octanol–water partition coefficient (Wildman–Crippen LogP) is 4.47. The molecule has 0 saturated carbocycles. The van der Waals surface area contributed by atoms with Crippen molar-refractivity contribution in [3.8, 4) is 0 Å².